The van der Waals surface area contributed by atoms with Crippen LogP contribution in [0.15, 0.2) is 30.1 Å². The van der Waals surface area contributed by atoms with E-state index in [-0.39, 0.29) is 5.97 Å². The number of carbonyl (C=O) groups is 1. The molecule has 0 radical (unpaired) electrons. The molecule has 2 rings (SSSR count). The predicted octanol–water partition coefficient (Wildman–Crippen LogP) is 1.28. The molecule has 0 N–H and O–H groups in total. The average molecular weight is 163 g/mol. The highest BCUT2D eigenvalue weighted by Crippen LogP contribution is 2.19. The third-order valence-electron chi connectivity index (χ3n) is 1.88. The van der Waals surface area contributed by atoms with Gasteiger partial charge in [-0.25, -0.2) is 4.79 Å². The first kappa shape index (κ1) is 7.16. The van der Waals surface area contributed by atoms with Crippen LogP contribution in [0.5, 0.6) is 0 Å². The molecule has 1 aromatic heterocycles. The summed E-state index contributed by atoms with van der Waals surface area (Å²) in [5.41, 5.74) is 1.64. The summed E-state index contributed by atoms with van der Waals surface area (Å²) >= 11 is 0. The molecule has 0 spiro atoms. The Bertz CT molecular complexity index is 335. The van der Waals surface area contributed by atoms with Crippen molar-refractivity contribution >= 4 is 11.7 Å². The van der Waals surface area contributed by atoms with Crippen molar-refractivity contribution in [3.05, 3.63) is 30.1 Å². The van der Waals surface area contributed by atoms with Crippen LogP contribution >= 0.6 is 0 Å². The molecule has 0 atom stereocenters. The predicted molar refractivity (Wildman–Crippen MR) is 44.3 cm³/mol. The second-order valence-electron chi connectivity index (χ2n) is 2.80. The molecule has 0 unspecified atom stereocenters. The van der Waals surface area contributed by atoms with E-state index in [1.807, 2.05) is 31.5 Å². The van der Waals surface area contributed by atoms with Gasteiger partial charge in [-0.3, -0.25) is 0 Å². The third-order valence-corrected chi connectivity index (χ3v) is 1.88. The molecule has 0 aromatic carbocycles. The minimum atomic E-state index is -0.233. The quantitative estimate of drug-likeness (QED) is 0.584. The molecule has 1 aliphatic rings. The highest BCUT2D eigenvalue weighted by molar-refractivity contribution is 6.12. The highest BCUT2D eigenvalue weighted by Gasteiger charge is 2.22. The molecule has 2 heterocycles. The van der Waals surface area contributed by atoms with Gasteiger partial charge >= 0.3 is 5.97 Å². The van der Waals surface area contributed by atoms with Crippen LogP contribution < -0.4 is 0 Å². The van der Waals surface area contributed by atoms with Crippen molar-refractivity contribution in [3.63, 3.8) is 0 Å². The summed E-state index contributed by atoms with van der Waals surface area (Å²) in [5, 5.41) is 0. The SMILES string of the molecule is CC1=C(n2cccc2)C(=O)OC1. The molecule has 0 bridgehead atoms. The lowest BCUT2D eigenvalue weighted by Crippen LogP contribution is -2.03. The van der Waals surface area contributed by atoms with Gasteiger partial charge in [-0.1, -0.05) is 0 Å². The largest absolute Gasteiger partial charge is 0.456 e. The fourth-order valence-corrected chi connectivity index (χ4v) is 1.29. The first-order valence-corrected chi connectivity index (χ1v) is 3.79. The van der Waals surface area contributed by atoms with E-state index in [0.29, 0.717) is 12.3 Å². The van der Waals surface area contributed by atoms with Crippen molar-refractivity contribution in [2.45, 2.75) is 6.92 Å². The van der Waals surface area contributed by atoms with Gasteiger partial charge in [0.05, 0.1) is 0 Å². The van der Waals surface area contributed by atoms with Crippen LogP contribution in [0.2, 0.25) is 0 Å². The first-order valence-electron chi connectivity index (χ1n) is 3.79. The number of cyclic esters (lactones) is 1. The fourth-order valence-electron chi connectivity index (χ4n) is 1.29. The zero-order valence-corrected chi connectivity index (χ0v) is 6.78. The van der Waals surface area contributed by atoms with Crippen molar-refractivity contribution in [3.8, 4) is 0 Å². The van der Waals surface area contributed by atoms with Crippen molar-refractivity contribution < 1.29 is 9.53 Å². The fraction of sp³-hybridized carbons (Fsp3) is 0.222. The summed E-state index contributed by atoms with van der Waals surface area (Å²) in [7, 11) is 0. The van der Waals surface area contributed by atoms with Crippen LogP contribution in [-0.2, 0) is 9.53 Å². The second-order valence-corrected chi connectivity index (χ2v) is 2.80. The third kappa shape index (κ3) is 0.942. The van der Waals surface area contributed by atoms with Gasteiger partial charge in [0.25, 0.3) is 0 Å². The number of ether oxygens (including phenoxy) is 1. The van der Waals surface area contributed by atoms with E-state index >= 15 is 0 Å². The summed E-state index contributed by atoms with van der Waals surface area (Å²) in [5.74, 6) is -0.233. The molecule has 3 nitrogen and oxygen atoms in total. The van der Waals surface area contributed by atoms with Crippen molar-refractivity contribution in [2.24, 2.45) is 0 Å². The topological polar surface area (TPSA) is 31.2 Å². The number of carbonyl (C=O) groups excluding carboxylic acids is 1. The lowest BCUT2D eigenvalue weighted by Gasteiger charge is -1.99. The highest BCUT2D eigenvalue weighted by atomic mass is 16.5. The zero-order chi connectivity index (χ0) is 8.55. The number of nitrogens with zero attached hydrogens (tertiary/aromatic N) is 1. The van der Waals surface area contributed by atoms with E-state index in [1.165, 1.54) is 0 Å². The molecule has 62 valence electrons. The van der Waals surface area contributed by atoms with E-state index in [9.17, 15) is 4.79 Å². The van der Waals surface area contributed by atoms with Gasteiger partial charge in [0.15, 0.2) is 0 Å². The summed E-state index contributed by atoms with van der Waals surface area (Å²) in [4.78, 5) is 11.2. The molecule has 0 aliphatic carbocycles. The van der Waals surface area contributed by atoms with Gasteiger partial charge in [0.2, 0.25) is 0 Å². The Kier molecular flexibility index (Phi) is 1.50. The summed E-state index contributed by atoms with van der Waals surface area (Å²) in [6, 6.07) is 3.76. The summed E-state index contributed by atoms with van der Waals surface area (Å²) in [6.45, 7) is 2.33. The van der Waals surface area contributed by atoms with E-state index in [1.54, 1.807) is 4.57 Å². The molecule has 3 heteroatoms. The smallest absolute Gasteiger partial charge is 0.355 e. The zero-order valence-electron chi connectivity index (χ0n) is 6.78. The number of aromatic nitrogens is 1. The molecular weight excluding hydrogens is 154 g/mol. The van der Waals surface area contributed by atoms with Gasteiger partial charge in [-0.05, 0) is 24.6 Å². The standard InChI is InChI=1S/C9H9NO2/c1-7-6-12-9(11)8(7)10-4-2-3-5-10/h2-5H,6H2,1H3. The van der Waals surface area contributed by atoms with Crippen LogP contribution in [0.25, 0.3) is 5.70 Å². The van der Waals surface area contributed by atoms with Gasteiger partial charge in [-0.2, -0.15) is 0 Å². The van der Waals surface area contributed by atoms with Crippen LogP contribution in [0, 0.1) is 0 Å². The number of hydrogen-bond acceptors (Lipinski definition) is 2. The maximum atomic E-state index is 11.2. The molecule has 0 saturated heterocycles. The number of hydrogen-bond donors (Lipinski definition) is 0. The van der Waals surface area contributed by atoms with E-state index in [2.05, 4.69) is 0 Å². The molecule has 0 saturated carbocycles. The Morgan fingerprint density at radius 1 is 1.42 bits per heavy atom. The van der Waals surface area contributed by atoms with Crippen LogP contribution in [-0.4, -0.2) is 17.1 Å². The van der Waals surface area contributed by atoms with Gasteiger partial charge in [-0.15, -0.1) is 0 Å². The maximum absolute atomic E-state index is 11.2. The van der Waals surface area contributed by atoms with Crippen LogP contribution in [0.1, 0.15) is 6.92 Å². The first-order chi connectivity index (χ1) is 5.79. The van der Waals surface area contributed by atoms with Crippen molar-refractivity contribution in [1.82, 2.24) is 4.57 Å². The number of rotatable bonds is 1. The molecule has 0 fully saturated rings. The lowest BCUT2D eigenvalue weighted by atomic mass is 10.3. The van der Waals surface area contributed by atoms with Crippen LogP contribution in [0.3, 0.4) is 0 Å². The molecule has 1 aliphatic heterocycles. The average Bonchev–Trinajstić information content (AvgIpc) is 2.61. The normalized spacial score (nSPS) is 16.9. The Morgan fingerprint density at radius 3 is 2.58 bits per heavy atom. The molecule has 12 heavy (non-hydrogen) atoms. The summed E-state index contributed by atoms with van der Waals surface area (Å²) in [6.07, 6.45) is 3.68. The van der Waals surface area contributed by atoms with Crippen molar-refractivity contribution in [2.75, 3.05) is 6.61 Å². The second kappa shape index (κ2) is 2.52. The van der Waals surface area contributed by atoms with E-state index in [4.69, 9.17) is 4.74 Å². The Balaban J connectivity index is 2.47. The Labute approximate surface area is 70.3 Å². The monoisotopic (exact) mass is 163 g/mol. The van der Waals surface area contributed by atoms with E-state index < -0.39 is 0 Å². The van der Waals surface area contributed by atoms with Gasteiger partial charge in [0.1, 0.15) is 12.3 Å². The molecule has 0 amide bonds. The van der Waals surface area contributed by atoms with Crippen LogP contribution in [0.4, 0.5) is 0 Å². The van der Waals surface area contributed by atoms with Crippen molar-refractivity contribution in [1.29, 1.82) is 0 Å². The van der Waals surface area contributed by atoms with Gasteiger partial charge < -0.3 is 9.30 Å². The number of esters is 1. The summed E-state index contributed by atoms with van der Waals surface area (Å²) < 4.78 is 6.65. The van der Waals surface area contributed by atoms with Gasteiger partial charge in [0, 0.05) is 12.4 Å². The minimum absolute atomic E-state index is 0.233. The minimum Gasteiger partial charge on any atom is -0.456 e. The molecule has 1 aromatic rings. The Morgan fingerprint density at radius 2 is 2.08 bits per heavy atom. The lowest BCUT2D eigenvalue weighted by molar-refractivity contribution is -0.134. The maximum Gasteiger partial charge on any atom is 0.355 e. The van der Waals surface area contributed by atoms with E-state index in [0.717, 1.165) is 5.57 Å². The Hall–Kier alpha value is -1.51. The molecular formula is C9H9NO2.